The smallest absolute Gasteiger partial charge is 0.0346 e. The third-order valence-corrected chi connectivity index (χ3v) is 3.64. The summed E-state index contributed by atoms with van der Waals surface area (Å²) in [5.41, 5.74) is 3.64. The molecule has 0 aliphatic carbocycles. The normalized spacial score (nSPS) is 11.9. The number of pyridine rings is 1. The highest BCUT2D eigenvalue weighted by Crippen LogP contribution is 2.21. The van der Waals surface area contributed by atoms with E-state index in [1.54, 1.807) is 0 Å². The molecular formula is C20H26N2. The lowest BCUT2D eigenvalue weighted by molar-refractivity contribution is 0.537. The summed E-state index contributed by atoms with van der Waals surface area (Å²) >= 11 is 0. The molecule has 0 radical (unpaired) electrons. The third kappa shape index (κ3) is 5.45. The van der Waals surface area contributed by atoms with Gasteiger partial charge in [0.2, 0.25) is 0 Å². The van der Waals surface area contributed by atoms with E-state index in [0.717, 1.165) is 24.6 Å². The van der Waals surface area contributed by atoms with Crippen molar-refractivity contribution in [3.05, 3.63) is 72.1 Å². The average molecular weight is 294 g/mol. The fourth-order valence-electron chi connectivity index (χ4n) is 2.45. The van der Waals surface area contributed by atoms with Crippen LogP contribution in [0.4, 0.5) is 0 Å². The second kappa shape index (κ2) is 9.16. The number of hydrogen-bond acceptors (Lipinski definition) is 2. The molecular weight excluding hydrogens is 268 g/mol. The number of benzene rings is 1. The summed E-state index contributed by atoms with van der Waals surface area (Å²) in [6.07, 6.45) is 8.53. The highest BCUT2D eigenvalue weighted by molar-refractivity contribution is 5.79. The first-order valence-corrected chi connectivity index (χ1v) is 8.14. The van der Waals surface area contributed by atoms with Gasteiger partial charge in [0, 0.05) is 24.5 Å². The predicted molar refractivity (Wildman–Crippen MR) is 94.7 cm³/mol. The van der Waals surface area contributed by atoms with Crippen LogP contribution in [0.15, 0.2) is 60.9 Å². The highest BCUT2D eigenvalue weighted by Gasteiger charge is 2.04. The van der Waals surface area contributed by atoms with Crippen LogP contribution in [0.25, 0.3) is 5.57 Å². The summed E-state index contributed by atoms with van der Waals surface area (Å²) in [4.78, 5) is 4.25. The molecule has 0 bridgehead atoms. The Hall–Kier alpha value is -1.93. The second-order valence-corrected chi connectivity index (χ2v) is 5.97. The SMILES string of the molecule is CC(C)CCCNC/C=C(\c1ccccc1)c1cccnc1. The lowest BCUT2D eigenvalue weighted by Crippen LogP contribution is -2.16. The van der Waals surface area contributed by atoms with Gasteiger partial charge in [0.05, 0.1) is 0 Å². The van der Waals surface area contributed by atoms with Gasteiger partial charge in [-0.2, -0.15) is 0 Å². The first-order valence-electron chi connectivity index (χ1n) is 8.14. The summed E-state index contributed by atoms with van der Waals surface area (Å²) in [7, 11) is 0. The van der Waals surface area contributed by atoms with Crippen LogP contribution < -0.4 is 5.32 Å². The van der Waals surface area contributed by atoms with E-state index in [1.165, 1.54) is 24.0 Å². The largest absolute Gasteiger partial charge is 0.313 e. The lowest BCUT2D eigenvalue weighted by Gasteiger charge is -2.09. The van der Waals surface area contributed by atoms with E-state index in [2.05, 4.69) is 66.6 Å². The molecule has 2 aromatic rings. The number of rotatable bonds is 8. The third-order valence-electron chi connectivity index (χ3n) is 3.64. The summed E-state index contributed by atoms with van der Waals surface area (Å²) in [6, 6.07) is 14.6. The Morgan fingerprint density at radius 2 is 1.86 bits per heavy atom. The maximum absolute atomic E-state index is 4.25. The molecule has 2 nitrogen and oxygen atoms in total. The molecule has 22 heavy (non-hydrogen) atoms. The van der Waals surface area contributed by atoms with Crippen LogP contribution in [0.2, 0.25) is 0 Å². The maximum atomic E-state index is 4.25. The molecule has 116 valence electrons. The van der Waals surface area contributed by atoms with Crippen molar-refractivity contribution in [1.29, 1.82) is 0 Å². The Morgan fingerprint density at radius 3 is 2.55 bits per heavy atom. The Labute approximate surface area is 134 Å². The minimum absolute atomic E-state index is 0.785. The zero-order valence-electron chi connectivity index (χ0n) is 13.6. The molecule has 0 saturated carbocycles. The number of nitrogens with zero attached hydrogens (tertiary/aromatic N) is 1. The van der Waals surface area contributed by atoms with E-state index < -0.39 is 0 Å². The molecule has 0 aliphatic rings. The van der Waals surface area contributed by atoms with Gasteiger partial charge in [0.25, 0.3) is 0 Å². The number of nitrogens with one attached hydrogen (secondary N) is 1. The highest BCUT2D eigenvalue weighted by atomic mass is 14.8. The van der Waals surface area contributed by atoms with Crippen molar-refractivity contribution in [2.45, 2.75) is 26.7 Å². The molecule has 1 aromatic heterocycles. The van der Waals surface area contributed by atoms with E-state index in [-0.39, 0.29) is 0 Å². The van der Waals surface area contributed by atoms with E-state index in [9.17, 15) is 0 Å². The van der Waals surface area contributed by atoms with Crippen molar-refractivity contribution in [2.75, 3.05) is 13.1 Å². The van der Waals surface area contributed by atoms with E-state index in [1.807, 2.05) is 18.5 Å². The van der Waals surface area contributed by atoms with Crippen molar-refractivity contribution in [3.63, 3.8) is 0 Å². The molecule has 2 rings (SSSR count). The quantitative estimate of drug-likeness (QED) is 0.723. The molecule has 0 amide bonds. The Morgan fingerprint density at radius 1 is 1.09 bits per heavy atom. The fourth-order valence-corrected chi connectivity index (χ4v) is 2.45. The summed E-state index contributed by atoms with van der Waals surface area (Å²) < 4.78 is 0. The second-order valence-electron chi connectivity index (χ2n) is 5.97. The van der Waals surface area contributed by atoms with Gasteiger partial charge in [0.15, 0.2) is 0 Å². The van der Waals surface area contributed by atoms with Gasteiger partial charge in [0.1, 0.15) is 0 Å². The van der Waals surface area contributed by atoms with Gasteiger partial charge in [-0.1, -0.05) is 56.3 Å². The molecule has 1 heterocycles. The maximum Gasteiger partial charge on any atom is 0.0346 e. The molecule has 0 aliphatic heterocycles. The van der Waals surface area contributed by atoms with Crippen molar-refractivity contribution >= 4 is 5.57 Å². The lowest BCUT2D eigenvalue weighted by atomic mass is 9.99. The minimum atomic E-state index is 0.785. The van der Waals surface area contributed by atoms with Crippen LogP contribution in [0.1, 0.15) is 37.8 Å². The minimum Gasteiger partial charge on any atom is -0.313 e. The van der Waals surface area contributed by atoms with Crippen LogP contribution in [0.3, 0.4) is 0 Å². The Bertz CT molecular complexity index is 517. The first-order chi connectivity index (χ1) is 10.8. The van der Waals surface area contributed by atoms with Crippen LogP contribution >= 0.6 is 0 Å². The number of hydrogen-bond donors (Lipinski definition) is 1. The van der Waals surface area contributed by atoms with Crippen molar-refractivity contribution < 1.29 is 0 Å². The van der Waals surface area contributed by atoms with E-state index >= 15 is 0 Å². The molecule has 0 saturated heterocycles. The van der Waals surface area contributed by atoms with E-state index in [0.29, 0.717) is 0 Å². The zero-order valence-corrected chi connectivity index (χ0v) is 13.6. The van der Waals surface area contributed by atoms with Crippen LogP contribution in [0.5, 0.6) is 0 Å². The molecule has 0 spiro atoms. The molecule has 2 heteroatoms. The summed E-state index contributed by atoms with van der Waals surface area (Å²) in [5.74, 6) is 0.785. The van der Waals surface area contributed by atoms with Crippen molar-refractivity contribution in [1.82, 2.24) is 10.3 Å². The van der Waals surface area contributed by atoms with Crippen molar-refractivity contribution in [2.24, 2.45) is 5.92 Å². The molecule has 1 aromatic carbocycles. The topological polar surface area (TPSA) is 24.9 Å². The predicted octanol–water partition coefficient (Wildman–Crippen LogP) is 4.54. The Balaban J connectivity index is 2.01. The molecule has 0 unspecified atom stereocenters. The van der Waals surface area contributed by atoms with Gasteiger partial charge in [-0.25, -0.2) is 0 Å². The molecule has 0 atom stereocenters. The van der Waals surface area contributed by atoms with Gasteiger partial charge in [-0.3, -0.25) is 4.98 Å². The van der Waals surface area contributed by atoms with Crippen LogP contribution in [0, 0.1) is 5.92 Å². The zero-order chi connectivity index (χ0) is 15.6. The first kappa shape index (κ1) is 16.4. The standard InChI is InChI=1S/C20H26N2/c1-17(2)8-6-13-21-15-12-20(18-9-4-3-5-10-18)19-11-7-14-22-16-19/h3-5,7,9-12,14,16-17,21H,6,8,13,15H2,1-2H3/b20-12+. The number of aromatic nitrogens is 1. The molecule has 0 fully saturated rings. The monoisotopic (exact) mass is 294 g/mol. The van der Waals surface area contributed by atoms with Gasteiger partial charge in [-0.05, 0) is 42.5 Å². The van der Waals surface area contributed by atoms with Gasteiger partial charge in [-0.15, -0.1) is 0 Å². The molecule has 1 N–H and O–H groups in total. The Kier molecular flexibility index (Phi) is 6.85. The average Bonchev–Trinajstić information content (AvgIpc) is 2.55. The summed E-state index contributed by atoms with van der Waals surface area (Å²) in [6.45, 7) is 6.51. The van der Waals surface area contributed by atoms with Crippen LogP contribution in [-0.2, 0) is 0 Å². The summed E-state index contributed by atoms with van der Waals surface area (Å²) in [5, 5.41) is 3.51. The van der Waals surface area contributed by atoms with Gasteiger partial charge >= 0.3 is 0 Å². The fraction of sp³-hybridized carbons (Fsp3) is 0.350. The van der Waals surface area contributed by atoms with E-state index in [4.69, 9.17) is 0 Å². The van der Waals surface area contributed by atoms with Gasteiger partial charge < -0.3 is 5.32 Å². The van der Waals surface area contributed by atoms with Crippen LogP contribution in [-0.4, -0.2) is 18.1 Å². The van der Waals surface area contributed by atoms with Crippen molar-refractivity contribution in [3.8, 4) is 0 Å².